The number of thiazole rings is 1. The maximum atomic E-state index is 10.4. The predicted octanol–water partition coefficient (Wildman–Crippen LogP) is 1.64. The number of nitrogens with zero attached hydrogens (tertiary/aromatic N) is 2. The van der Waals surface area contributed by atoms with Crippen LogP contribution >= 0.6 is 11.3 Å². The van der Waals surface area contributed by atoms with Gasteiger partial charge in [0.25, 0.3) is 0 Å². The molecular formula is C8H11N3O3S. The maximum absolute atomic E-state index is 10.4. The van der Waals surface area contributed by atoms with Crippen LogP contribution in [0.3, 0.4) is 0 Å². The Labute approximate surface area is 90.4 Å². The van der Waals surface area contributed by atoms with Gasteiger partial charge in [-0.2, -0.15) is 0 Å². The maximum Gasteiger partial charge on any atom is 0.345 e. The summed E-state index contributed by atoms with van der Waals surface area (Å²) in [7, 11) is 0. The van der Waals surface area contributed by atoms with E-state index >= 15 is 0 Å². The van der Waals surface area contributed by atoms with Gasteiger partial charge in [-0.1, -0.05) is 0 Å². The van der Waals surface area contributed by atoms with Crippen LogP contribution in [0.4, 0.5) is 10.1 Å². The molecule has 1 N–H and O–H groups in total. The third-order valence-corrected chi connectivity index (χ3v) is 3.10. The Balaban J connectivity index is 1.94. The molecule has 1 aromatic heterocycles. The Bertz CT molecular complexity index is 349. The van der Waals surface area contributed by atoms with Crippen molar-refractivity contribution >= 4 is 21.5 Å². The second-order valence-electron chi connectivity index (χ2n) is 3.29. The summed E-state index contributed by atoms with van der Waals surface area (Å²) in [5.74, 6) is 0. The van der Waals surface area contributed by atoms with Gasteiger partial charge in [-0.3, -0.25) is 10.1 Å². The first kappa shape index (κ1) is 10.3. The van der Waals surface area contributed by atoms with Crippen molar-refractivity contribution < 1.29 is 9.66 Å². The SMILES string of the molecule is O=[N+]([O-])c1cnc(NC2CCOCC2)s1. The molecule has 0 unspecified atom stereocenters. The smallest absolute Gasteiger partial charge is 0.345 e. The van der Waals surface area contributed by atoms with E-state index in [9.17, 15) is 10.1 Å². The molecule has 6 nitrogen and oxygen atoms in total. The van der Waals surface area contributed by atoms with Crippen LogP contribution in [0.1, 0.15) is 12.8 Å². The van der Waals surface area contributed by atoms with Crippen LogP contribution in [-0.2, 0) is 4.74 Å². The van der Waals surface area contributed by atoms with Crippen molar-refractivity contribution in [3.8, 4) is 0 Å². The van der Waals surface area contributed by atoms with Gasteiger partial charge in [0.2, 0.25) is 0 Å². The summed E-state index contributed by atoms with van der Waals surface area (Å²) in [5.41, 5.74) is 0. The summed E-state index contributed by atoms with van der Waals surface area (Å²) in [6.45, 7) is 1.48. The molecule has 0 spiro atoms. The molecule has 2 heterocycles. The minimum absolute atomic E-state index is 0.0737. The number of ether oxygens (including phenoxy) is 1. The Hall–Kier alpha value is -1.21. The number of hydrogen-bond acceptors (Lipinski definition) is 6. The van der Waals surface area contributed by atoms with Crippen molar-refractivity contribution in [1.29, 1.82) is 0 Å². The number of aromatic nitrogens is 1. The first-order valence-electron chi connectivity index (χ1n) is 4.70. The van der Waals surface area contributed by atoms with Gasteiger partial charge in [0.05, 0.1) is 4.92 Å². The zero-order valence-corrected chi connectivity index (χ0v) is 8.83. The quantitative estimate of drug-likeness (QED) is 0.629. The molecule has 0 atom stereocenters. The summed E-state index contributed by atoms with van der Waals surface area (Å²) < 4.78 is 5.22. The van der Waals surface area contributed by atoms with Gasteiger partial charge in [0, 0.05) is 19.3 Å². The van der Waals surface area contributed by atoms with Crippen molar-refractivity contribution in [3.05, 3.63) is 16.3 Å². The zero-order chi connectivity index (χ0) is 10.7. The van der Waals surface area contributed by atoms with Gasteiger partial charge in [-0.15, -0.1) is 0 Å². The minimum Gasteiger partial charge on any atom is -0.381 e. The van der Waals surface area contributed by atoms with Crippen LogP contribution in [0.15, 0.2) is 6.20 Å². The molecule has 1 aliphatic rings. The summed E-state index contributed by atoms with van der Waals surface area (Å²) >= 11 is 1.07. The van der Waals surface area contributed by atoms with E-state index < -0.39 is 4.92 Å². The number of nitro groups is 1. The van der Waals surface area contributed by atoms with Gasteiger partial charge in [0.15, 0.2) is 5.13 Å². The van der Waals surface area contributed by atoms with Crippen molar-refractivity contribution in [2.45, 2.75) is 18.9 Å². The van der Waals surface area contributed by atoms with Crippen LogP contribution in [0.5, 0.6) is 0 Å². The van der Waals surface area contributed by atoms with E-state index in [0.717, 1.165) is 37.4 Å². The molecule has 82 valence electrons. The first-order chi connectivity index (χ1) is 7.25. The van der Waals surface area contributed by atoms with Gasteiger partial charge >= 0.3 is 5.00 Å². The van der Waals surface area contributed by atoms with E-state index in [1.165, 1.54) is 6.20 Å². The van der Waals surface area contributed by atoms with E-state index in [1.807, 2.05) is 0 Å². The Morgan fingerprint density at radius 1 is 1.60 bits per heavy atom. The van der Waals surface area contributed by atoms with Crippen molar-refractivity contribution in [2.75, 3.05) is 18.5 Å². The lowest BCUT2D eigenvalue weighted by Gasteiger charge is -2.22. The standard InChI is InChI=1S/C8H11N3O3S/c12-11(13)7-5-9-8(15-7)10-6-1-3-14-4-2-6/h5-6H,1-4H2,(H,9,10). The number of hydrogen-bond donors (Lipinski definition) is 1. The molecule has 7 heteroatoms. The van der Waals surface area contributed by atoms with Crippen LogP contribution in [0.25, 0.3) is 0 Å². The highest BCUT2D eigenvalue weighted by Gasteiger charge is 2.17. The molecule has 0 saturated carbocycles. The molecule has 1 aliphatic heterocycles. The van der Waals surface area contributed by atoms with E-state index in [1.54, 1.807) is 0 Å². The van der Waals surface area contributed by atoms with Crippen LogP contribution in [0.2, 0.25) is 0 Å². The fourth-order valence-electron chi connectivity index (χ4n) is 1.43. The van der Waals surface area contributed by atoms with Crippen molar-refractivity contribution in [2.24, 2.45) is 0 Å². The Morgan fingerprint density at radius 3 is 2.93 bits per heavy atom. The van der Waals surface area contributed by atoms with Crippen molar-refractivity contribution in [1.82, 2.24) is 4.98 Å². The third-order valence-electron chi connectivity index (χ3n) is 2.22. The van der Waals surface area contributed by atoms with E-state index in [0.29, 0.717) is 11.2 Å². The molecule has 2 rings (SSSR count). The molecule has 0 radical (unpaired) electrons. The molecule has 1 fully saturated rings. The molecule has 1 saturated heterocycles. The Morgan fingerprint density at radius 2 is 2.33 bits per heavy atom. The zero-order valence-electron chi connectivity index (χ0n) is 8.01. The minimum atomic E-state index is -0.424. The fraction of sp³-hybridized carbons (Fsp3) is 0.625. The van der Waals surface area contributed by atoms with Crippen molar-refractivity contribution in [3.63, 3.8) is 0 Å². The summed E-state index contributed by atoms with van der Waals surface area (Å²) in [6.07, 6.45) is 3.13. The predicted molar refractivity (Wildman–Crippen MR) is 56.2 cm³/mol. The lowest BCUT2D eigenvalue weighted by Crippen LogP contribution is -2.27. The Kier molecular flexibility index (Phi) is 3.12. The number of nitrogens with one attached hydrogen (secondary N) is 1. The molecule has 15 heavy (non-hydrogen) atoms. The second kappa shape index (κ2) is 4.54. The van der Waals surface area contributed by atoms with Crippen LogP contribution in [-0.4, -0.2) is 29.2 Å². The molecule has 0 aliphatic carbocycles. The van der Waals surface area contributed by atoms with E-state index in [2.05, 4.69) is 10.3 Å². The highest BCUT2D eigenvalue weighted by molar-refractivity contribution is 7.18. The van der Waals surface area contributed by atoms with Gasteiger partial charge in [-0.25, -0.2) is 4.98 Å². The monoisotopic (exact) mass is 229 g/mol. The summed E-state index contributed by atoms with van der Waals surface area (Å²) in [4.78, 5) is 14.0. The molecule has 0 aromatic carbocycles. The third kappa shape index (κ3) is 2.63. The van der Waals surface area contributed by atoms with Crippen LogP contribution < -0.4 is 5.32 Å². The first-order valence-corrected chi connectivity index (χ1v) is 5.52. The fourth-order valence-corrected chi connectivity index (χ4v) is 2.14. The molecule has 0 bridgehead atoms. The lowest BCUT2D eigenvalue weighted by molar-refractivity contribution is -0.380. The number of anilines is 1. The molecule has 0 amide bonds. The van der Waals surface area contributed by atoms with E-state index in [4.69, 9.17) is 4.74 Å². The normalized spacial score (nSPS) is 17.6. The largest absolute Gasteiger partial charge is 0.381 e. The van der Waals surface area contributed by atoms with Gasteiger partial charge in [-0.05, 0) is 24.2 Å². The van der Waals surface area contributed by atoms with Crippen LogP contribution in [0, 0.1) is 10.1 Å². The summed E-state index contributed by atoms with van der Waals surface area (Å²) in [5, 5.41) is 14.3. The average Bonchev–Trinajstić information content (AvgIpc) is 2.68. The second-order valence-corrected chi connectivity index (χ2v) is 4.30. The highest BCUT2D eigenvalue weighted by Crippen LogP contribution is 2.26. The van der Waals surface area contributed by atoms with E-state index in [-0.39, 0.29) is 5.00 Å². The average molecular weight is 229 g/mol. The molecule has 1 aromatic rings. The van der Waals surface area contributed by atoms with Gasteiger partial charge in [0.1, 0.15) is 6.20 Å². The summed E-state index contributed by atoms with van der Waals surface area (Å²) in [6, 6.07) is 0.324. The highest BCUT2D eigenvalue weighted by atomic mass is 32.1. The molecular weight excluding hydrogens is 218 g/mol. The topological polar surface area (TPSA) is 77.3 Å². The lowest BCUT2D eigenvalue weighted by atomic mass is 10.1. The van der Waals surface area contributed by atoms with Gasteiger partial charge < -0.3 is 10.1 Å². The number of rotatable bonds is 3.